The van der Waals surface area contributed by atoms with E-state index in [1.54, 1.807) is 11.8 Å². The molecule has 2 unspecified atom stereocenters. The summed E-state index contributed by atoms with van der Waals surface area (Å²) in [7, 11) is 0. The van der Waals surface area contributed by atoms with E-state index in [1.165, 1.54) is 10.7 Å². The van der Waals surface area contributed by atoms with Crippen molar-refractivity contribution in [1.82, 2.24) is 24.5 Å². The van der Waals surface area contributed by atoms with Crippen molar-refractivity contribution >= 4 is 23.3 Å². The van der Waals surface area contributed by atoms with Gasteiger partial charge in [-0.05, 0) is 20.8 Å². The van der Waals surface area contributed by atoms with Crippen molar-refractivity contribution in [3.8, 4) is 0 Å². The van der Waals surface area contributed by atoms with Gasteiger partial charge in [0.1, 0.15) is 12.1 Å². The number of hydrogen-bond acceptors (Lipinski definition) is 8. The highest BCUT2D eigenvalue weighted by Gasteiger charge is 2.30. The molecule has 1 fully saturated rings. The first-order chi connectivity index (χ1) is 11.9. The molecule has 0 spiro atoms. The second-order valence-corrected chi connectivity index (χ2v) is 5.91. The number of fused-ring (bicyclic) bond motifs is 1. The number of morpholine rings is 1. The van der Waals surface area contributed by atoms with Crippen molar-refractivity contribution in [2.24, 2.45) is 0 Å². The maximum Gasteiger partial charge on any atom is 0.362 e. The minimum absolute atomic E-state index is 0.0266. The summed E-state index contributed by atoms with van der Waals surface area (Å²) < 4.78 is 11.9. The number of nitrogen functional groups attached to an aromatic ring is 1. The second kappa shape index (κ2) is 6.63. The average molecular weight is 348 g/mol. The van der Waals surface area contributed by atoms with Crippen LogP contribution in [0, 0.1) is 0 Å². The van der Waals surface area contributed by atoms with Crippen molar-refractivity contribution < 1.29 is 19.1 Å². The van der Waals surface area contributed by atoms with Crippen molar-refractivity contribution in [2.75, 3.05) is 25.4 Å². The van der Waals surface area contributed by atoms with Crippen LogP contribution in [-0.2, 0) is 9.47 Å². The zero-order valence-corrected chi connectivity index (χ0v) is 14.3. The van der Waals surface area contributed by atoms with Gasteiger partial charge in [0.05, 0.1) is 18.8 Å². The first-order valence-electron chi connectivity index (χ1n) is 8.03. The number of imidazole rings is 1. The molecule has 0 radical (unpaired) electrons. The van der Waals surface area contributed by atoms with Crippen LogP contribution in [0.5, 0.6) is 0 Å². The van der Waals surface area contributed by atoms with E-state index in [4.69, 9.17) is 15.2 Å². The Morgan fingerprint density at radius 2 is 1.96 bits per heavy atom. The SMILES string of the molecule is CCOC(=O)c1nnc2c(C(=O)N3CC(C)OC(C)C3)ncn2c1N. The van der Waals surface area contributed by atoms with Crippen LogP contribution in [0.4, 0.5) is 5.82 Å². The summed E-state index contributed by atoms with van der Waals surface area (Å²) in [5.41, 5.74) is 6.18. The molecule has 0 aliphatic carbocycles. The maximum absolute atomic E-state index is 12.8. The van der Waals surface area contributed by atoms with Gasteiger partial charge < -0.3 is 20.1 Å². The highest BCUT2D eigenvalue weighted by molar-refractivity contribution is 5.99. The predicted octanol–water partition coefficient (Wildman–Crippen LogP) is 0.133. The molecule has 2 N–H and O–H groups in total. The number of carbonyl (C=O) groups excluding carboxylic acids is 2. The fourth-order valence-corrected chi connectivity index (χ4v) is 2.87. The van der Waals surface area contributed by atoms with E-state index in [9.17, 15) is 9.59 Å². The Balaban J connectivity index is 1.94. The van der Waals surface area contributed by atoms with Crippen LogP contribution in [0.15, 0.2) is 6.33 Å². The van der Waals surface area contributed by atoms with Crippen LogP contribution in [0.2, 0.25) is 0 Å². The van der Waals surface area contributed by atoms with Gasteiger partial charge in [0.15, 0.2) is 11.3 Å². The summed E-state index contributed by atoms with van der Waals surface area (Å²) in [6.45, 7) is 6.62. The Morgan fingerprint density at radius 3 is 2.60 bits per heavy atom. The van der Waals surface area contributed by atoms with Crippen molar-refractivity contribution in [3.05, 3.63) is 17.7 Å². The third-order valence-corrected chi connectivity index (χ3v) is 3.87. The predicted molar refractivity (Wildman–Crippen MR) is 87.1 cm³/mol. The molecule has 10 heteroatoms. The summed E-state index contributed by atoms with van der Waals surface area (Å²) in [6, 6.07) is 0. The fourth-order valence-electron chi connectivity index (χ4n) is 2.87. The molecule has 2 aromatic rings. The molecule has 0 bridgehead atoms. The Bertz CT molecular complexity index is 810. The van der Waals surface area contributed by atoms with Gasteiger partial charge in [-0.1, -0.05) is 0 Å². The molecular weight excluding hydrogens is 328 g/mol. The topological polar surface area (TPSA) is 125 Å². The van der Waals surface area contributed by atoms with Crippen LogP contribution in [0.25, 0.3) is 5.65 Å². The number of esters is 1. The van der Waals surface area contributed by atoms with Gasteiger partial charge in [0.2, 0.25) is 5.69 Å². The Labute approximate surface area is 143 Å². The number of carbonyl (C=O) groups is 2. The van der Waals surface area contributed by atoms with Crippen LogP contribution in [-0.4, -0.2) is 68.3 Å². The van der Waals surface area contributed by atoms with Gasteiger partial charge in [-0.25, -0.2) is 9.78 Å². The van der Waals surface area contributed by atoms with Crippen LogP contribution in [0.3, 0.4) is 0 Å². The smallest absolute Gasteiger partial charge is 0.362 e. The zero-order chi connectivity index (χ0) is 18.1. The molecule has 2 aromatic heterocycles. The van der Waals surface area contributed by atoms with Crippen molar-refractivity contribution in [1.29, 1.82) is 0 Å². The molecule has 1 aliphatic rings. The quantitative estimate of drug-likeness (QED) is 0.776. The van der Waals surface area contributed by atoms with E-state index >= 15 is 0 Å². The monoisotopic (exact) mass is 348 g/mol. The number of nitrogens with zero attached hydrogens (tertiary/aromatic N) is 5. The van der Waals surface area contributed by atoms with E-state index < -0.39 is 5.97 Å². The number of nitrogens with two attached hydrogens (primary N) is 1. The number of hydrogen-bond donors (Lipinski definition) is 1. The van der Waals surface area contributed by atoms with Gasteiger partial charge in [0.25, 0.3) is 5.91 Å². The van der Waals surface area contributed by atoms with E-state index in [-0.39, 0.29) is 47.6 Å². The molecule has 0 saturated carbocycles. The molecule has 0 aromatic carbocycles. The van der Waals surface area contributed by atoms with E-state index in [1.807, 2.05) is 13.8 Å². The summed E-state index contributed by atoms with van der Waals surface area (Å²) in [5, 5.41) is 7.76. The van der Waals surface area contributed by atoms with Gasteiger partial charge in [0, 0.05) is 13.1 Å². The van der Waals surface area contributed by atoms with Gasteiger partial charge in [-0.2, -0.15) is 0 Å². The van der Waals surface area contributed by atoms with E-state index in [0.29, 0.717) is 13.1 Å². The lowest BCUT2D eigenvalue weighted by molar-refractivity contribution is -0.0586. The number of amides is 1. The minimum Gasteiger partial charge on any atom is -0.461 e. The summed E-state index contributed by atoms with van der Waals surface area (Å²) >= 11 is 0. The summed E-state index contributed by atoms with van der Waals surface area (Å²) in [5.74, 6) is -0.924. The van der Waals surface area contributed by atoms with E-state index in [2.05, 4.69) is 15.2 Å². The third-order valence-electron chi connectivity index (χ3n) is 3.87. The Hall–Kier alpha value is -2.75. The first-order valence-corrected chi connectivity index (χ1v) is 8.03. The molecular formula is C15H20N6O4. The van der Waals surface area contributed by atoms with Crippen molar-refractivity contribution in [3.63, 3.8) is 0 Å². The zero-order valence-electron chi connectivity index (χ0n) is 14.3. The molecule has 2 atom stereocenters. The lowest BCUT2D eigenvalue weighted by Gasteiger charge is -2.34. The van der Waals surface area contributed by atoms with Gasteiger partial charge in [-0.3, -0.25) is 9.20 Å². The normalized spacial score (nSPS) is 20.7. The summed E-state index contributed by atoms with van der Waals surface area (Å²) in [4.78, 5) is 30.4. The molecule has 134 valence electrons. The van der Waals surface area contributed by atoms with E-state index in [0.717, 1.165) is 0 Å². The fraction of sp³-hybridized carbons (Fsp3) is 0.533. The third kappa shape index (κ3) is 3.12. The summed E-state index contributed by atoms with van der Waals surface area (Å²) in [6.07, 6.45) is 1.23. The molecule has 1 amide bonds. The maximum atomic E-state index is 12.8. The van der Waals surface area contributed by atoms with Crippen LogP contribution >= 0.6 is 0 Å². The number of ether oxygens (including phenoxy) is 2. The first kappa shape index (κ1) is 17.1. The van der Waals surface area contributed by atoms with Crippen LogP contribution in [0.1, 0.15) is 41.7 Å². The van der Waals surface area contributed by atoms with Crippen LogP contribution < -0.4 is 5.73 Å². The molecule has 3 rings (SSSR count). The lowest BCUT2D eigenvalue weighted by Crippen LogP contribution is -2.48. The highest BCUT2D eigenvalue weighted by atomic mass is 16.5. The average Bonchev–Trinajstić information content (AvgIpc) is 2.98. The molecule has 3 heterocycles. The van der Waals surface area contributed by atoms with Gasteiger partial charge in [-0.15, -0.1) is 10.2 Å². The molecule has 25 heavy (non-hydrogen) atoms. The molecule has 1 saturated heterocycles. The number of aromatic nitrogens is 4. The minimum atomic E-state index is -0.674. The number of anilines is 1. The Morgan fingerprint density at radius 1 is 1.28 bits per heavy atom. The number of rotatable bonds is 3. The largest absolute Gasteiger partial charge is 0.461 e. The standard InChI is InChI=1S/C15H20N6O4/c1-4-24-15(23)10-12(16)21-7-17-11(13(21)19-18-10)14(22)20-5-8(2)25-9(3)6-20/h7-9H,4-6,16H2,1-3H3. The van der Waals surface area contributed by atoms with Gasteiger partial charge >= 0.3 is 5.97 Å². The second-order valence-electron chi connectivity index (χ2n) is 5.91. The van der Waals surface area contributed by atoms with Crippen molar-refractivity contribution in [2.45, 2.75) is 33.0 Å². The molecule has 10 nitrogen and oxygen atoms in total. The lowest BCUT2D eigenvalue weighted by atomic mass is 10.2. The molecule has 1 aliphatic heterocycles. The highest BCUT2D eigenvalue weighted by Crippen LogP contribution is 2.18. The Kier molecular flexibility index (Phi) is 4.53.